The fourth-order valence-corrected chi connectivity index (χ4v) is 5.76. The van der Waals surface area contributed by atoms with E-state index >= 15 is 4.39 Å². The third kappa shape index (κ3) is 6.42. The molecule has 1 aromatic rings. The number of phosphoric acid groups is 3. The Hall–Kier alpha value is -0.780. The molecule has 2 rings (SSSR count). The lowest BCUT2D eigenvalue weighted by Gasteiger charge is -2.26. The molecule has 1 aliphatic rings. The topological polar surface area (TPSA) is 227 Å². The molecule has 22 heteroatoms. The van der Waals surface area contributed by atoms with Crippen LogP contribution in [0.25, 0.3) is 0 Å². The third-order valence-corrected chi connectivity index (χ3v) is 7.87. The van der Waals surface area contributed by atoms with Gasteiger partial charge >= 0.3 is 23.5 Å². The van der Waals surface area contributed by atoms with Crippen LogP contribution in [0.15, 0.2) is 11.0 Å². The van der Waals surface area contributed by atoms with Crippen molar-refractivity contribution < 1.29 is 69.4 Å². The molecule has 0 bridgehead atoms. The maximum Gasteiger partial charge on any atom is 0.490 e. The average Bonchev–Trinajstić information content (AvgIpc) is 2.85. The van der Waals surface area contributed by atoms with Gasteiger partial charge in [-0.1, -0.05) is 0 Å². The zero-order chi connectivity index (χ0) is 24.7. The molecule has 3 unspecified atom stereocenters. The zero-order valence-electron chi connectivity index (χ0n) is 15.1. The minimum Gasteiger partial charge on any atom is -0.387 e. The van der Waals surface area contributed by atoms with E-state index in [0.29, 0.717) is 10.8 Å². The standard InChI is InChI=1S/C10H14F3N2O13P3S/c11-3-10(13)6(16)5(26-8(10)15-1-4(12)7(17)14-9(15)32)2-25-30(21,22)28-31(23,24)27-29(18,19)20/h1,5-6,8,16H,2-3H2,(H,21,22)(H,23,24)(H,14,17,32)(H2,18,19,20)/t5-,6+,8-,10?/m1/s1. The second-order valence-corrected chi connectivity index (χ2v) is 10.9. The van der Waals surface area contributed by atoms with Gasteiger partial charge in [0.15, 0.2) is 11.0 Å². The van der Waals surface area contributed by atoms with Gasteiger partial charge in [-0.25, -0.2) is 22.5 Å². The second kappa shape index (κ2) is 9.46. The van der Waals surface area contributed by atoms with Crippen molar-refractivity contribution in [3.63, 3.8) is 0 Å². The van der Waals surface area contributed by atoms with Crippen molar-refractivity contribution in [1.82, 2.24) is 9.55 Å². The van der Waals surface area contributed by atoms with Gasteiger partial charge in [-0.15, -0.1) is 0 Å². The quantitative estimate of drug-likeness (QED) is 0.179. The number of phosphoric ester groups is 1. The van der Waals surface area contributed by atoms with Crippen LogP contribution in [0.5, 0.6) is 0 Å². The van der Waals surface area contributed by atoms with E-state index in [-0.39, 0.29) is 0 Å². The first kappa shape index (κ1) is 27.5. The summed E-state index contributed by atoms with van der Waals surface area (Å²) >= 11 is 4.71. The van der Waals surface area contributed by atoms with E-state index in [1.54, 1.807) is 4.98 Å². The fraction of sp³-hybridized carbons (Fsp3) is 0.600. The van der Waals surface area contributed by atoms with E-state index in [1.807, 2.05) is 0 Å². The summed E-state index contributed by atoms with van der Waals surface area (Å²) in [4.78, 5) is 48.4. The molecule has 1 fully saturated rings. The summed E-state index contributed by atoms with van der Waals surface area (Å²) in [5.74, 6) is -1.48. The molecule has 0 spiro atoms. The van der Waals surface area contributed by atoms with Gasteiger partial charge in [0.2, 0.25) is 11.5 Å². The van der Waals surface area contributed by atoms with Crippen LogP contribution in [0.3, 0.4) is 0 Å². The Morgan fingerprint density at radius 1 is 1.22 bits per heavy atom. The number of aliphatic hydroxyl groups excluding tert-OH is 1. The molecule has 15 nitrogen and oxygen atoms in total. The van der Waals surface area contributed by atoms with Crippen LogP contribution in [0.2, 0.25) is 0 Å². The van der Waals surface area contributed by atoms with Gasteiger partial charge in [0.05, 0.1) is 12.8 Å². The fourth-order valence-electron chi connectivity index (χ4n) is 2.49. The summed E-state index contributed by atoms with van der Waals surface area (Å²) < 4.78 is 91.6. The molecule has 0 radical (unpaired) electrons. The molecule has 0 aromatic carbocycles. The maximum atomic E-state index is 15.1. The van der Waals surface area contributed by atoms with Crippen molar-refractivity contribution in [3.05, 3.63) is 27.1 Å². The summed E-state index contributed by atoms with van der Waals surface area (Å²) in [5.41, 5.74) is -4.63. The van der Waals surface area contributed by atoms with Crippen molar-refractivity contribution in [1.29, 1.82) is 0 Å². The summed E-state index contributed by atoms with van der Waals surface area (Å²) in [5, 5.41) is 10.1. The smallest absolute Gasteiger partial charge is 0.387 e. The Morgan fingerprint density at radius 3 is 2.34 bits per heavy atom. The molecule has 1 aliphatic heterocycles. The van der Waals surface area contributed by atoms with Crippen LogP contribution >= 0.6 is 35.7 Å². The predicted molar refractivity (Wildman–Crippen MR) is 95.4 cm³/mol. The van der Waals surface area contributed by atoms with Gasteiger partial charge in [-0.3, -0.25) is 18.9 Å². The molecule has 0 amide bonds. The number of H-pyrrole nitrogens is 1. The Bertz CT molecular complexity index is 1130. The van der Waals surface area contributed by atoms with E-state index in [4.69, 9.17) is 31.6 Å². The molecule has 6 N–H and O–H groups in total. The minimum atomic E-state index is -5.85. The Labute approximate surface area is 179 Å². The van der Waals surface area contributed by atoms with Crippen LogP contribution in [0.1, 0.15) is 6.23 Å². The van der Waals surface area contributed by atoms with Gasteiger partial charge in [0, 0.05) is 0 Å². The number of hydrogen-bond acceptors (Lipinski definition) is 10. The van der Waals surface area contributed by atoms with Gasteiger partial charge in [-0.2, -0.15) is 13.0 Å². The molecule has 6 atom stereocenters. The van der Waals surface area contributed by atoms with E-state index in [0.717, 1.165) is 0 Å². The van der Waals surface area contributed by atoms with E-state index in [1.165, 1.54) is 0 Å². The lowest BCUT2D eigenvalue weighted by Crippen LogP contribution is -2.45. The van der Waals surface area contributed by atoms with Gasteiger partial charge in [0.1, 0.15) is 18.9 Å². The first-order valence-electron chi connectivity index (χ1n) is 7.78. The van der Waals surface area contributed by atoms with Crippen LogP contribution in [0.4, 0.5) is 13.2 Å². The van der Waals surface area contributed by atoms with Crippen LogP contribution in [-0.4, -0.2) is 65.4 Å². The number of nitrogens with one attached hydrogen (secondary N) is 1. The first-order chi connectivity index (χ1) is 14.4. The average molecular weight is 552 g/mol. The molecule has 0 saturated carbocycles. The van der Waals surface area contributed by atoms with Crippen LogP contribution in [-0.2, 0) is 31.6 Å². The van der Waals surface area contributed by atoms with Crippen molar-refractivity contribution >= 4 is 35.7 Å². The highest BCUT2D eigenvalue weighted by molar-refractivity contribution is 7.71. The van der Waals surface area contributed by atoms with Gasteiger partial charge < -0.3 is 29.4 Å². The highest BCUT2D eigenvalue weighted by Crippen LogP contribution is 2.66. The van der Waals surface area contributed by atoms with Gasteiger partial charge in [-0.05, 0) is 12.2 Å². The maximum absolute atomic E-state index is 15.1. The van der Waals surface area contributed by atoms with Crippen molar-refractivity contribution in [2.24, 2.45) is 0 Å². The number of alkyl halides is 2. The van der Waals surface area contributed by atoms with E-state index < -0.39 is 77.0 Å². The molecule has 1 aromatic heterocycles. The van der Waals surface area contributed by atoms with E-state index in [9.17, 15) is 37.3 Å². The Kier molecular flexibility index (Phi) is 8.12. The second-order valence-electron chi connectivity index (χ2n) is 6.06. The minimum absolute atomic E-state index is 0.354. The van der Waals surface area contributed by atoms with Gasteiger partial charge in [0.25, 0.3) is 5.56 Å². The normalized spacial score (nSPS) is 30.1. The lowest BCUT2D eigenvalue weighted by atomic mass is 9.97. The number of aromatic amines is 1. The molecule has 32 heavy (non-hydrogen) atoms. The monoisotopic (exact) mass is 552 g/mol. The van der Waals surface area contributed by atoms with Crippen molar-refractivity contribution in [3.8, 4) is 0 Å². The predicted octanol–water partition coefficient (Wildman–Crippen LogP) is 0.324. The largest absolute Gasteiger partial charge is 0.490 e. The van der Waals surface area contributed by atoms with Crippen LogP contribution in [0, 0.1) is 10.6 Å². The zero-order valence-corrected chi connectivity index (χ0v) is 18.6. The molecule has 2 heterocycles. The number of hydrogen-bond donors (Lipinski definition) is 6. The van der Waals surface area contributed by atoms with Crippen molar-refractivity contribution in [2.45, 2.75) is 24.1 Å². The molecular weight excluding hydrogens is 538 g/mol. The Morgan fingerprint density at radius 2 is 1.81 bits per heavy atom. The molecule has 184 valence electrons. The third-order valence-electron chi connectivity index (χ3n) is 3.76. The van der Waals surface area contributed by atoms with Crippen LogP contribution < -0.4 is 5.56 Å². The molecule has 0 aliphatic carbocycles. The van der Waals surface area contributed by atoms with E-state index in [2.05, 4.69) is 13.1 Å². The summed E-state index contributed by atoms with van der Waals surface area (Å²) in [7, 11) is -17.2. The highest BCUT2D eigenvalue weighted by atomic mass is 32.1. The summed E-state index contributed by atoms with van der Waals surface area (Å²) in [6.07, 6.45) is -6.31. The number of ether oxygens (including phenoxy) is 1. The first-order valence-corrected chi connectivity index (χ1v) is 12.7. The number of nitrogens with zero attached hydrogens (tertiary/aromatic N) is 1. The van der Waals surface area contributed by atoms with Crippen molar-refractivity contribution in [2.75, 3.05) is 13.3 Å². The number of rotatable bonds is 9. The SMILES string of the molecule is O=c1[nH]c(=S)n([C@@H]2O[C@H](COP(=O)(O)OP(=O)(O)OP(=O)(O)O)[C@H](O)C2(F)CF)cc1F. The number of aromatic nitrogens is 2. The lowest BCUT2D eigenvalue weighted by molar-refractivity contribution is -0.0725. The number of halogens is 3. The summed E-state index contributed by atoms with van der Waals surface area (Å²) in [6, 6.07) is 0. The Balaban J connectivity index is 2.22. The summed E-state index contributed by atoms with van der Waals surface area (Å²) in [6.45, 7) is -3.28. The molecule has 1 saturated heterocycles. The highest BCUT2D eigenvalue weighted by Gasteiger charge is 2.59. The molecular formula is C10H14F3N2O13P3S. The number of aliphatic hydroxyl groups is 1.